The van der Waals surface area contributed by atoms with Crippen LogP contribution in [-0.2, 0) is 9.53 Å². The fourth-order valence-electron chi connectivity index (χ4n) is 0.870. The Labute approximate surface area is 113 Å². The van der Waals surface area contributed by atoms with Gasteiger partial charge >= 0.3 is 5.97 Å². The van der Waals surface area contributed by atoms with E-state index in [1.54, 1.807) is 20.8 Å². The first-order chi connectivity index (χ1) is 7.78. The van der Waals surface area contributed by atoms with E-state index in [1.165, 1.54) is 0 Å². The summed E-state index contributed by atoms with van der Waals surface area (Å²) in [6.07, 6.45) is 0. The van der Waals surface area contributed by atoms with E-state index in [9.17, 15) is 4.79 Å². The summed E-state index contributed by atoms with van der Waals surface area (Å²) < 4.78 is 5.13. The molecule has 0 fully saturated rings. The molecule has 0 saturated carbocycles. The third-order valence-electron chi connectivity index (χ3n) is 1.34. The van der Waals surface area contributed by atoms with E-state index in [4.69, 9.17) is 27.9 Å². The summed E-state index contributed by atoms with van der Waals surface area (Å²) >= 11 is 12.4. The number of esters is 1. The highest BCUT2D eigenvalue weighted by molar-refractivity contribution is 8.00. The molecule has 1 heterocycles. The Morgan fingerprint density at radius 1 is 1.35 bits per heavy atom. The standard InChI is InChI=1S/C9H11Cl2N3O2S/c1-9(2,3)16-5(15)4-17-7-6(10)13-14-8(11)12-7/h4H2,1-3H3. The van der Waals surface area contributed by atoms with Crippen LogP contribution >= 0.6 is 35.0 Å². The molecule has 0 aromatic carbocycles. The van der Waals surface area contributed by atoms with Crippen molar-refractivity contribution < 1.29 is 9.53 Å². The zero-order valence-corrected chi connectivity index (χ0v) is 11.9. The van der Waals surface area contributed by atoms with Gasteiger partial charge in [-0.2, -0.15) is 0 Å². The van der Waals surface area contributed by atoms with Crippen LogP contribution in [0.5, 0.6) is 0 Å². The molecule has 0 saturated heterocycles. The number of ether oxygens (including phenoxy) is 1. The van der Waals surface area contributed by atoms with E-state index in [0.29, 0.717) is 5.03 Å². The molecule has 17 heavy (non-hydrogen) atoms. The number of hydrogen-bond donors (Lipinski definition) is 0. The van der Waals surface area contributed by atoms with Crippen LogP contribution < -0.4 is 0 Å². The third kappa shape index (κ3) is 5.52. The first-order valence-corrected chi connectivity index (χ1v) is 6.42. The van der Waals surface area contributed by atoms with Crippen LogP contribution in [0.4, 0.5) is 0 Å². The van der Waals surface area contributed by atoms with Gasteiger partial charge < -0.3 is 4.74 Å². The Morgan fingerprint density at radius 3 is 2.59 bits per heavy atom. The van der Waals surface area contributed by atoms with E-state index in [0.717, 1.165) is 11.8 Å². The molecule has 0 atom stereocenters. The number of carbonyl (C=O) groups excluding carboxylic acids is 1. The van der Waals surface area contributed by atoms with Crippen LogP contribution in [0.3, 0.4) is 0 Å². The molecular weight excluding hydrogens is 285 g/mol. The molecule has 0 bridgehead atoms. The monoisotopic (exact) mass is 295 g/mol. The van der Waals surface area contributed by atoms with Gasteiger partial charge in [0.05, 0.1) is 5.75 Å². The normalized spacial score (nSPS) is 11.4. The number of hydrogen-bond acceptors (Lipinski definition) is 6. The van der Waals surface area contributed by atoms with Crippen LogP contribution in [0.25, 0.3) is 0 Å². The van der Waals surface area contributed by atoms with Gasteiger partial charge in [0.25, 0.3) is 0 Å². The van der Waals surface area contributed by atoms with Crippen molar-refractivity contribution in [2.75, 3.05) is 5.75 Å². The molecule has 0 radical (unpaired) electrons. The van der Waals surface area contributed by atoms with Gasteiger partial charge in [0.2, 0.25) is 5.28 Å². The molecule has 0 unspecified atom stereocenters. The molecule has 0 aliphatic rings. The highest BCUT2D eigenvalue weighted by Crippen LogP contribution is 2.23. The van der Waals surface area contributed by atoms with Crippen molar-refractivity contribution in [1.82, 2.24) is 15.2 Å². The minimum Gasteiger partial charge on any atom is -0.459 e. The molecule has 0 N–H and O–H groups in total. The molecule has 1 rings (SSSR count). The first kappa shape index (κ1) is 14.5. The van der Waals surface area contributed by atoms with Gasteiger partial charge in [0.1, 0.15) is 10.6 Å². The van der Waals surface area contributed by atoms with Crippen LogP contribution in [-0.4, -0.2) is 32.5 Å². The molecule has 1 aromatic rings. The van der Waals surface area contributed by atoms with Gasteiger partial charge in [-0.3, -0.25) is 4.79 Å². The van der Waals surface area contributed by atoms with Gasteiger partial charge in [-0.05, 0) is 32.4 Å². The van der Waals surface area contributed by atoms with Crippen molar-refractivity contribution in [1.29, 1.82) is 0 Å². The Kier molecular flexibility index (Phi) is 4.97. The summed E-state index contributed by atoms with van der Waals surface area (Å²) in [5, 5.41) is 7.51. The number of nitrogens with zero attached hydrogens (tertiary/aromatic N) is 3. The predicted octanol–water partition coefficient (Wildman–Crippen LogP) is 2.61. The summed E-state index contributed by atoms with van der Waals surface area (Å²) in [5.41, 5.74) is -0.511. The average Bonchev–Trinajstić information content (AvgIpc) is 2.17. The van der Waals surface area contributed by atoms with Crippen molar-refractivity contribution in [3.05, 3.63) is 10.4 Å². The van der Waals surface area contributed by atoms with Crippen molar-refractivity contribution in [2.45, 2.75) is 31.4 Å². The van der Waals surface area contributed by atoms with Crippen LogP contribution in [0.15, 0.2) is 5.03 Å². The van der Waals surface area contributed by atoms with Crippen molar-refractivity contribution in [3.8, 4) is 0 Å². The number of aromatic nitrogens is 3. The van der Waals surface area contributed by atoms with Gasteiger partial charge in [0.15, 0.2) is 5.15 Å². The van der Waals surface area contributed by atoms with Gasteiger partial charge in [-0.15, -0.1) is 10.2 Å². The van der Waals surface area contributed by atoms with Crippen LogP contribution in [0, 0.1) is 0 Å². The molecule has 0 aliphatic heterocycles. The predicted molar refractivity (Wildman–Crippen MR) is 66.4 cm³/mol. The lowest BCUT2D eigenvalue weighted by Crippen LogP contribution is -2.24. The molecule has 0 amide bonds. The minimum absolute atomic E-state index is 0.0129. The summed E-state index contributed by atoms with van der Waals surface area (Å²) in [6.45, 7) is 5.39. The quantitative estimate of drug-likeness (QED) is 0.631. The summed E-state index contributed by atoms with van der Waals surface area (Å²) in [4.78, 5) is 15.3. The zero-order valence-electron chi connectivity index (χ0n) is 9.53. The topological polar surface area (TPSA) is 65.0 Å². The smallest absolute Gasteiger partial charge is 0.316 e. The van der Waals surface area contributed by atoms with E-state index < -0.39 is 5.60 Å². The van der Waals surface area contributed by atoms with Crippen molar-refractivity contribution >= 4 is 40.9 Å². The highest BCUT2D eigenvalue weighted by Gasteiger charge is 2.17. The number of rotatable bonds is 3. The summed E-state index contributed by atoms with van der Waals surface area (Å²) in [6, 6.07) is 0. The SMILES string of the molecule is CC(C)(C)OC(=O)CSc1nc(Cl)nnc1Cl. The highest BCUT2D eigenvalue weighted by atomic mass is 35.5. The maximum Gasteiger partial charge on any atom is 0.316 e. The van der Waals surface area contributed by atoms with E-state index >= 15 is 0 Å². The minimum atomic E-state index is -0.511. The Bertz CT molecular complexity index is 423. The number of thioether (sulfide) groups is 1. The Balaban J connectivity index is 2.56. The number of halogens is 2. The maximum absolute atomic E-state index is 11.4. The van der Waals surface area contributed by atoms with E-state index in [1.807, 2.05) is 0 Å². The van der Waals surface area contributed by atoms with Crippen LogP contribution in [0.1, 0.15) is 20.8 Å². The van der Waals surface area contributed by atoms with E-state index in [2.05, 4.69) is 15.2 Å². The molecule has 0 aliphatic carbocycles. The molecular formula is C9H11Cl2N3O2S. The summed E-state index contributed by atoms with van der Waals surface area (Å²) in [7, 11) is 0. The molecule has 5 nitrogen and oxygen atoms in total. The lowest BCUT2D eigenvalue weighted by atomic mass is 10.2. The second-order valence-electron chi connectivity index (χ2n) is 4.05. The van der Waals surface area contributed by atoms with Gasteiger partial charge in [0, 0.05) is 0 Å². The number of carbonyl (C=O) groups is 1. The molecule has 1 aromatic heterocycles. The lowest BCUT2D eigenvalue weighted by Gasteiger charge is -2.19. The van der Waals surface area contributed by atoms with E-state index in [-0.39, 0.29) is 22.2 Å². The average molecular weight is 296 g/mol. The van der Waals surface area contributed by atoms with Crippen LogP contribution in [0.2, 0.25) is 10.4 Å². The fraction of sp³-hybridized carbons (Fsp3) is 0.556. The lowest BCUT2D eigenvalue weighted by molar-refractivity contribution is -0.151. The molecule has 94 valence electrons. The largest absolute Gasteiger partial charge is 0.459 e. The van der Waals surface area contributed by atoms with Gasteiger partial charge in [-0.25, -0.2) is 4.98 Å². The second kappa shape index (κ2) is 5.84. The summed E-state index contributed by atoms with van der Waals surface area (Å²) in [5.74, 6) is -0.264. The Morgan fingerprint density at radius 2 is 2.00 bits per heavy atom. The molecule has 0 spiro atoms. The third-order valence-corrected chi connectivity index (χ3v) is 2.80. The first-order valence-electron chi connectivity index (χ1n) is 4.68. The van der Waals surface area contributed by atoms with Crippen molar-refractivity contribution in [3.63, 3.8) is 0 Å². The zero-order chi connectivity index (χ0) is 13.1. The maximum atomic E-state index is 11.4. The molecule has 8 heteroatoms. The Hall–Kier alpha value is -0.590. The van der Waals surface area contributed by atoms with Gasteiger partial charge in [-0.1, -0.05) is 23.4 Å². The fourth-order valence-corrected chi connectivity index (χ4v) is 1.91. The van der Waals surface area contributed by atoms with Crippen molar-refractivity contribution in [2.24, 2.45) is 0 Å². The second-order valence-corrected chi connectivity index (χ2v) is 5.71.